The predicted octanol–water partition coefficient (Wildman–Crippen LogP) is -4.33. The molecule has 1 aliphatic rings. The number of nitrogens with two attached hydrogens (primary N) is 5. The number of H-pyrrole nitrogens is 1. The van der Waals surface area contributed by atoms with E-state index in [1.165, 1.54) is 21.0 Å². The number of aromatic nitrogens is 1. The van der Waals surface area contributed by atoms with Crippen molar-refractivity contribution in [3.63, 3.8) is 0 Å². The first-order chi connectivity index (χ1) is 55.1. The molecular weight excluding hydrogens is 1530 g/mol. The normalized spacial score (nSPS) is 18.9. The van der Waals surface area contributed by atoms with Gasteiger partial charge in [-0.2, -0.15) is 11.8 Å². The Balaban J connectivity index is 1.45. The number of unbranched alkanes of at least 4 members (excludes halogenated alkanes) is 2. The zero-order chi connectivity index (χ0) is 85.3. The highest BCUT2D eigenvalue weighted by Gasteiger charge is 2.42. The number of amides is 17. The number of hydrogen-bond acceptors (Lipinski definition) is 21. The lowest BCUT2D eigenvalue weighted by Gasteiger charge is -2.34. The van der Waals surface area contributed by atoms with Crippen molar-refractivity contribution in [1.82, 2.24) is 74.1 Å². The molecule has 0 spiro atoms. The fraction of sp³-hybridized carbons (Fsp3) is 0.468. The van der Waals surface area contributed by atoms with E-state index in [0.717, 1.165) is 36.4 Å². The smallest absolute Gasteiger partial charge is 0.246 e. The number of methoxy groups -OCH3 is 1. The zero-order valence-corrected chi connectivity index (χ0v) is 65.9. The number of carbonyl (C=O) groups excluding carboxylic acids is 17. The Labute approximate surface area is 672 Å². The van der Waals surface area contributed by atoms with Crippen LogP contribution in [0.25, 0.3) is 21.7 Å². The number of nitrogens with one attached hydrogen (secondary N) is 14. The van der Waals surface area contributed by atoms with Crippen molar-refractivity contribution in [3.8, 4) is 5.75 Å². The lowest BCUT2D eigenvalue weighted by atomic mass is 9.91. The quantitative estimate of drug-likeness (QED) is 0.0166. The number of aromatic amines is 1. The molecule has 1 aliphatic heterocycles. The van der Waals surface area contributed by atoms with Crippen molar-refractivity contribution in [3.05, 3.63) is 114 Å². The molecule has 25 N–H and O–H groups in total. The van der Waals surface area contributed by atoms with Gasteiger partial charge in [-0.05, 0) is 123 Å². The number of hydrogen-bond donors (Lipinski definition) is 20. The molecule has 4 aromatic carbocycles. The highest BCUT2D eigenvalue weighted by atomic mass is 32.2. The van der Waals surface area contributed by atoms with Crippen LogP contribution in [0.2, 0.25) is 0 Å². The third-order valence-electron chi connectivity index (χ3n) is 18.8. The summed E-state index contributed by atoms with van der Waals surface area (Å²) >= 11 is 0.917. The van der Waals surface area contributed by atoms with Gasteiger partial charge in [0.1, 0.15) is 71.7 Å². The summed E-state index contributed by atoms with van der Waals surface area (Å²) in [4.78, 5) is 239. The fourth-order valence-corrected chi connectivity index (χ4v) is 13.7. The number of thioether (sulfide) groups is 1. The number of ether oxygens (including phenoxy) is 1. The summed E-state index contributed by atoms with van der Waals surface area (Å²) in [6, 6.07) is 8.60. The molecule has 5 aromatic rings. The summed E-state index contributed by atoms with van der Waals surface area (Å²) in [5.41, 5.74) is 27.8. The number of carbonyl (C=O) groups is 17. The van der Waals surface area contributed by atoms with E-state index in [4.69, 9.17) is 33.4 Å². The van der Waals surface area contributed by atoms with E-state index in [-0.39, 0.29) is 82.5 Å². The molecule has 116 heavy (non-hydrogen) atoms. The maximum absolute atomic E-state index is 15.7. The Kier molecular flexibility index (Phi) is 36.4. The van der Waals surface area contributed by atoms with Crippen molar-refractivity contribution < 1.29 is 91.4 Å². The van der Waals surface area contributed by atoms with Crippen LogP contribution in [-0.2, 0) is 101 Å². The molecule has 0 saturated carbocycles. The van der Waals surface area contributed by atoms with E-state index < -0.39 is 205 Å². The third-order valence-corrected chi connectivity index (χ3v) is 19.9. The molecule has 1 fully saturated rings. The molecule has 1 aromatic heterocycles. The molecule has 38 nitrogen and oxygen atoms in total. The van der Waals surface area contributed by atoms with Crippen molar-refractivity contribution in [2.24, 2.45) is 28.7 Å². The van der Waals surface area contributed by atoms with E-state index in [1.807, 2.05) is 18.2 Å². The van der Waals surface area contributed by atoms with Crippen LogP contribution in [0.4, 0.5) is 0 Å². The van der Waals surface area contributed by atoms with Gasteiger partial charge in [0, 0.05) is 68.9 Å². The van der Waals surface area contributed by atoms with Crippen LogP contribution in [0.1, 0.15) is 115 Å². The lowest BCUT2D eigenvalue weighted by molar-refractivity contribution is -0.138. The van der Waals surface area contributed by atoms with Gasteiger partial charge in [-0.3, -0.25) is 81.5 Å². The van der Waals surface area contributed by atoms with Gasteiger partial charge in [-0.1, -0.05) is 72.8 Å². The van der Waals surface area contributed by atoms with Gasteiger partial charge in [0.05, 0.1) is 32.6 Å². The lowest BCUT2D eigenvalue weighted by Crippen LogP contribution is -2.64. The van der Waals surface area contributed by atoms with Crippen LogP contribution in [0.5, 0.6) is 5.75 Å². The molecule has 39 heteroatoms. The van der Waals surface area contributed by atoms with E-state index in [0.29, 0.717) is 39.8 Å². The highest BCUT2D eigenvalue weighted by molar-refractivity contribution is 7.99. The largest absolute Gasteiger partial charge is 0.497 e. The molecule has 12 atom stereocenters. The first-order valence-electron chi connectivity index (χ1n) is 37.7. The fourth-order valence-electron chi connectivity index (χ4n) is 12.6. The standard InChI is InChI=1S/C77H105N19O19S/c1-41(97)65-75(113)92-57(35-48-38-84-51-17-9-8-16-50(48)51)71(109)87-53(25-26-61(79)100)68(106)93-60(40-116-31-27-54(86-43(3)99)69(107)91-59(37-63(81)102)72(110)95-65)73(111)88-55(33-44-20-23-49(115-5)24-21-44)70(108)89-56(34-45-19-22-46-14-6-7-15-47(46)32-45)74(112)96-77(4,28-11-12-29-78)76(114)94-52(18-10-13-30-83-42(2)98)67(105)90-58(36-62(80)101)66(104)85-39-64(82)103/h6-9,14-17,19-24,32,38,41,52-60,65,84,97H,10-13,18,25-31,33-37,39-40,78H2,1-5H3,(H2,79,100)(H2,80,101)(H2,81,102)(H2,82,103)(H,83,98)(H,85,104)(H,86,99)(H,87,109)(H,88,111)(H,89,108)(H,90,105)(H,91,107)(H,92,113)(H,93,106)(H,94,114)(H,95,110)(H,96,112)/t41-,52+,53+,54+,55+,56+,57+,58+,59+,60+,65+,77+/m1/s1. The predicted molar refractivity (Wildman–Crippen MR) is 425 cm³/mol. The Bertz CT molecular complexity index is 4370. The average molecular weight is 1630 g/mol. The second-order valence-corrected chi connectivity index (χ2v) is 29.5. The molecular formula is C77H105N19O19S. The molecule has 0 radical (unpaired) electrons. The molecule has 0 unspecified atom stereocenters. The number of fused-ring (bicyclic) bond motifs is 2. The number of benzene rings is 4. The summed E-state index contributed by atoms with van der Waals surface area (Å²) in [5.74, 6) is -17.0. The van der Waals surface area contributed by atoms with Gasteiger partial charge < -0.3 is 113 Å². The van der Waals surface area contributed by atoms with Crippen LogP contribution in [0.3, 0.4) is 0 Å². The minimum atomic E-state index is -1.99. The topological polar surface area (TPSA) is 622 Å². The van der Waals surface area contributed by atoms with Crippen LogP contribution in [-0.4, -0.2) is 221 Å². The number of primary amides is 4. The summed E-state index contributed by atoms with van der Waals surface area (Å²) in [6.07, 6.45) is -3.59. The maximum Gasteiger partial charge on any atom is 0.246 e. The Hall–Kier alpha value is -12.3. The number of para-hydroxylation sites is 1. The summed E-state index contributed by atoms with van der Waals surface area (Å²) in [5, 5.41) is 46.4. The molecule has 1 saturated heterocycles. The first-order valence-corrected chi connectivity index (χ1v) is 38.8. The van der Waals surface area contributed by atoms with E-state index in [9.17, 15) is 62.6 Å². The highest BCUT2D eigenvalue weighted by Crippen LogP contribution is 2.24. The monoisotopic (exact) mass is 1630 g/mol. The Morgan fingerprint density at radius 1 is 0.612 bits per heavy atom. The van der Waals surface area contributed by atoms with Gasteiger partial charge in [-0.25, -0.2) is 0 Å². The van der Waals surface area contributed by atoms with E-state index >= 15 is 24.0 Å². The minimum Gasteiger partial charge on any atom is -0.497 e. The van der Waals surface area contributed by atoms with Gasteiger partial charge in [0.2, 0.25) is 100 Å². The zero-order valence-electron chi connectivity index (χ0n) is 65.1. The molecule has 17 amide bonds. The van der Waals surface area contributed by atoms with Crippen molar-refractivity contribution >= 4 is 134 Å². The molecule has 628 valence electrons. The SMILES string of the molecule is COc1ccc(C[C@H](NC(=O)[C@@H]2CSCC[C@H](NC(C)=O)C(=O)N[C@@H](CC(N)=O)C(=O)N[C@@H]([C@@H](C)O)C(=O)N[C@@H](Cc3c[nH]c4ccccc34)C(=O)N[C@@H](CCC(N)=O)C(=O)N2)C(=O)N[C@@H](Cc2ccc3ccccc3c2)C(=O)N[C@@](C)(CCCCN)C(=O)N[C@@H](CCCCNC(C)=O)C(=O)N[C@@H](CC(N)=O)C(=O)NCC(N)=O)cc1. The summed E-state index contributed by atoms with van der Waals surface area (Å²) in [6.45, 7) is 4.47. The van der Waals surface area contributed by atoms with Crippen LogP contribution in [0, 0.1) is 0 Å². The summed E-state index contributed by atoms with van der Waals surface area (Å²) in [7, 11) is 1.41. The summed E-state index contributed by atoms with van der Waals surface area (Å²) < 4.78 is 5.41. The third kappa shape index (κ3) is 29.9. The van der Waals surface area contributed by atoms with Gasteiger partial charge >= 0.3 is 0 Å². The van der Waals surface area contributed by atoms with E-state index in [2.05, 4.69) is 74.1 Å². The van der Waals surface area contributed by atoms with Gasteiger partial charge in [-0.15, -0.1) is 0 Å². The van der Waals surface area contributed by atoms with E-state index in [1.54, 1.807) is 79.0 Å². The van der Waals surface area contributed by atoms with Gasteiger partial charge in [0.25, 0.3) is 0 Å². The Morgan fingerprint density at radius 2 is 1.24 bits per heavy atom. The number of aliphatic hydroxyl groups is 1. The van der Waals surface area contributed by atoms with Crippen LogP contribution in [0.15, 0.2) is 97.2 Å². The van der Waals surface area contributed by atoms with Crippen LogP contribution < -0.4 is 103 Å². The average Bonchev–Trinajstić information content (AvgIpc) is 1.44. The van der Waals surface area contributed by atoms with Crippen molar-refractivity contribution in [2.75, 3.05) is 38.2 Å². The molecule has 6 rings (SSSR count). The van der Waals surface area contributed by atoms with Crippen LogP contribution >= 0.6 is 11.8 Å². The first kappa shape index (κ1) is 92.6. The maximum atomic E-state index is 15.7. The second-order valence-electron chi connectivity index (χ2n) is 28.4. The number of rotatable bonds is 38. The van der Waals surface area contributed by atoms with Crippen molar-refractivity contribution in [2.45, 2.75) is 190 Å². The molecule has 2 heterocycles. The molecule has 0 aliphatic carbocycles. The Morgan fingerprint density at radius 3 is 1.90 bits per heavy atom. The number of aliphatic hydroxyl groups excluding tert-OH is 1. The minimum absolute atomic E-state index is 0.129. The second kappa shape index (κ2) is 45.6. The molecule has 0 bridgehead atoms. The van der Waals surface area contributed by atoms with Crippen molar-refractivity contribution in [1.29, 1.82) is 0 Å². The van der Waals surface area contributed by atoms with Gasteiger partial charge in [0.15, 0.2) is 0 Å².